The molecule has 1 aliphatic heterocycles. The number of aromatic nitrogens is 1. The lowest BCUT2D eigenvalue weighted by Gasteiger charge is -2.22. The Morgan fingerprint density at radius 2 is 2.50 bits per heavy atom. The minimum absolute atomic E-state index is 0.674. The smallest absolute Gasteiger partial charge is 0.168 e. The maximum absolute atomic E-state index is 5.54. The molecule has 1 aromatic rings. The van der Waals surface area contributed by atoms with Crippen LogP contribution in [0.5, 0.6) is 5.75 Å². The summed E-state index contributed by atoms with van der Waals surface area (Å²) in [6.45, 7) is 5.96. The van der Waals surface area contributed by atoms with Crippen LogP contribution in [0.4, 0.5) is 5.82 Å². The number of nitrogens with zero attached hydrogens (tertiary/aromatic N) is 1. The van der Waals surface area contributed by atoms with Crippen molar-refractivity contribution < 1.29 is 4.74 Å². The van der Waals surface area contributed by atoms with Gasteiger partial charge in [0.1, 0.15) is 0 Å². The molecule has 2 N–H and O–H groups in total. The summed E-state index contributed by atoms with van der Waals surface area (Å²) in [5.74, 6) is 2.51. The van der Waals surface area contributed by atoms with Gasteiger partial charge in [0.15, 0.2) is 11.6 Å². The molecule has 2 heterocycles. The fourth-order valence-electron chi connectivity index (χ4n) is 2.36. The molecule has 1 unspecified atom stereocenters. The van der Waals surface area contributed by atoms with Gasteiger partial charge in [0.05, 0.1) is 6.61 Å². The highest BCUT2D eigenvalue weighted by Crippen LogP contribution is 2.21. The van der Waals surface area contributed by atoms with Gasteiger partial charge < -0.3 is 15.4 Å². The summed E-state index contributed by atoms with van der Waals surface area (Å²) in [4.78, 5) is 4.33. The third-order valence-electron chi connectivity index (χ3n) is 3.31. The maximum atomic E-state index is 5.54. The molecule has 2 rings (SSSR count). The van der Waals surface area contributed by atoms with E-state index in [9.17, 15) is 0 Å². The Kier molecular flexibility index (Phi) is 5.27. The van der Waals surface area contributed by atoms with E-state index in [2.05, 4.69) is 15.6 Å². The van der Waals surface area contributed by atoms with Crippen molar-refractivity contribution in [3.63, 3.8) is 0 Å². The summed E-state index contributed by atoms with van der Waals surface area (Å²) in [5.41, 5.74) is 0. The van der Waals surface area contributed by atoms with Crippen molar-refractivity contribution in [3.8, 4) is 5.75 Å². The number of pyridine rings is 1. The third kappa shape index (κ3) is 3.88. The first-order valence-electron chi connectivity index (χ1n) is 6.92. The molecule has 0 bridgehead atoms. The zero-order chi connectivity index (χ0) is 12.6. The number of hydrogen-bond donors (Lipinski definition) is 2. The fourth-order valence-corrected chi connectivity index (χ4v) is 2.36. The Hall–Kier alpha value is -1.29. The Labute approximate surface area is 109 Å². The van der Waals surface area contributed by atoms with Gasteiger partial charge in [-0.25, -0.2) is 4.98 Å². The van der Waals surface area contributed by atoms with E-state index < -0.39 is 0 Å². The number of rotatable bonds is 6. The van der Waals surface area contributed by atoms with Crippen LogP contribution >= 0.6 is 0 Å². The number of hydrogen-bond acceptors (Lipinski definition) is 4. The summed E-state index contributed by atoms with van der Waals surface area (Å²) >= 11 is 0. The lowest BCUT2D eigenvalue weighted by molar-refractivity contribution is 0.339. The van der Waals surface area contributed by atoms with Crippen molar-refractivity contribution >= 4 is 5.82 Å². The first-order valence-corrected chi connectivity index (χ1v) is 6.92. The van der Waals surface area contributed by atoms with Crippen LogP contribution in [0, 0.1) is 5.92 Å². The molecule has 0 spiro atoms. The quantitative estimate of drug-likeness (QED) is 0.812. The predicted molar refractivity (Wildman–Crippen MR) is 74.1 cm³/mol. The molecule has 1 aromatic heterocycles. The first kappa shape index (κ1) is 13.1. The van der Waals surface area contributed by atoms with Gasteiger partial charge in [-0.2, -0.15) is 0 Å². The molecule has 0 aromatic carbocycles. The molecule has 1 aliphatic rings. The van der Waals surface area contributed by atoms with Crippen LogP contribution in [0.3, 0.4) is 0 Å². The van der Waals surface area contributed by atoms with Gasteiger partial charge >= 0.3 is 0 Å². The van der Waals surface area contributed by atoms with Crippen LogP contribution in [0.2, 0.25) is 0 Å². The van der Waals surface area contributed by atoms with E-state index in [0.29, 0.717) is 6.61 Å². The summed E-state index contributed by atoms with van der Waals surface area (Å²) in [7, 11) is 0. The summed E-state index contributed by atoms with van der Waals surface area (Å²) in [6, 6.07) is 3.86. The lowest BCUT2D eigenvalue weighted by atomic mass is 9.96. The number of nitrogens with one attached hydrogen (secondary N) is 2. The molecule has 1 atom stereocenters. The maximum Gasteiger partial charge on any atom is 0.168 e. The van der Waals surface area contributed by atoms with Crippen molar-refractivity contribution in [3.05, 3.63) is 18.3 Å². The minimum Gasteiger partial charge on any atom is -0.490 e. The second kappa shape index (κ2) is 7.21. The van der Waals surface area contributed by atoms with Gasteiger partial charge in [0.2, 0.25) is 0 Å². The highest BCUT2D eigenvalue weighted by atomic mass is 16.5. The fraction of sp³-hybridized carbons (Fsp3) is 0.643. The monoisotopic (exact) mass is 249 g/mol. The van der Waals surface area contributed by atoms with E-state index in [1.807, 2.05) is 19.1 Å². The summed E-state index contributed by atoms with van der Waals surface area (Å²) < 4.78 is 5.54. The standard InChI is InChI=1S/C14H23N3O/c1-2-18-13-6-4-9-16-14(13)17-10-7-12-5-3-8-15-11-12/h4,6,9,12,15H,2-3,5,7-8,10-11H2,1H3,(H,16,17). The zero-order valence-electron chi connectivity index (χ0n) is 11.1. The van der Waals surface area contributed by atoms with Crippen molar-refractivity contribution in [2.45, 2.75) is 26.2 Å². The first-order chi connectivity index (χ1) is 8.90. The number of anilines is 1. The van der Waals surface area contributed by atoms with Crippen LogP contribution in [-0.4, -0.2) is 31.2 Å². The molecular formula is C14H23N3O. The van der Waals surface area contributed by atoms with Gasteiger partial charge in [-0.15, -0.1) is 0 Å². The van der Waals surface area contributed by atoms with Crippen LogP contribution < -0.4 is 15.4 Å². The number of piperidine rings is 1. The van der Waals surface area contributed by atoms with E-state index in [0.717, 1.165) is 30.6 Å². The molecule has 1 fully saturated rings. The van der Waals surface area contributed by atoms with Gasteiger partial charge in [-0.05, 0) is 57.3 Å². The predicted octanol–water partition coefficient (Wildman–Crippen LogP) is 2.28. The van der Waals surface area contributed by atoms with E-state index in [1.54, 1.807) is 6.20 Å². The minimum atomic E-state index is 0.674. The molecule has 4 nitrogen and oxygen atoms in total. The Morgan fingerprint density at radius 3 is 3.28 bits per heavy atom. The average molecular weight is 249 g/mol. The van der Waals surface area contributed by atoms with Gasteiger partial charge in [0.25, 0.3) is 0 Å². The summed E-state index contributed by atoms with van der Waals surface area (Å²) in [6.07, 6.45) is 5.63. The lowest BCUT2D eigenvalue weighted by Crippen LogP contribution is -2.30. The largest absolute Gasteiger partial charge is 0.490 e. The molecule has 4 heteroatoms. The Bertz CT molecular complexity index is 351. The van der Waals surface area contributed by atoms with Crippen LogP contribution in [-0.2, 0) is 0 Å². The third-order valence-corrected chi connectivity index (χ3v) is 3.31. The normalized spacial score (nSPS) is 19.5. The molecule has 1 saturated heterocycles. The van der Waals surface area contributed by atoms with E-state index in [4.69, 9.17) is 4.74 Å². The second-order valence-electron chi connectivity index (χ2n) is 4.71. The highest BCUT2D eigenvalue weighted by Gasteiger charge is 2.12. The second-order valence-corrected chi connectivity index (χ2v) is 4.71. The van der Waals surface area contributed by atoms with E-state index >= 15 is 0 Å². The molecule has 0 radical (unpaired) electrons. The average Bonchev–Trinajstić information content (AvgIpc) is 2.42. The van der Waals surface area contributed by atoms with Crippen LogP contribution in [0.15, 0.2) is 18.3 Å². The zero-order valence-corrected chi connectivity index (χ0v) is 11.1. The van der Waals surface area contributed by atoms with Crippen LogP contribution in [0.25, 0.3) is 0 Å². The number of ether oxygens (including phenoxy) is 1. The van der Waals surface area contributed by atoms with Crippen molar-refractivity contribution in [2.75, 3.05) is 31.6 Å². The molecule has 0 amide bonds. The Balaban J connectivity index is 1.78. The van der Waals surface area contributed by atoms with Gasteiger partial charge in [0, 0.05) is 12.7 Å². The van der Waals surface area contributed by atoms with E-state index in [1.165, 1.54) is 25.8 Å². The van der Waals surface area contributed by atoms with Crippen molar-refractivity contribution in [2.24, 2.45) is 5.92 Å². The van der Waals surface area contributed by atoms with E-state index in [-0.39, 0.29) is 0 Å². The highest BCUT2D eigenvalue weighted by molar-refractivity contribution is 5.49. The van der Waals surface area contributed by atoms with Crippen LogP contribution in [0.1, 0.15) is 26.2 Å². The van der Waals surface area contributed by atoms with Gasteiger partial charge in [-0.1, -0.05) is 0 Å². The van der Waals surface area contributed by atoms with Crippen molar-refractivity contribution in [1.82, 2.24) is 10.3 Å². The molecular weight excluding hydrogens is 226 g/mol. The topological polar surface area (TPSA) is 46.2 Å². The van der Waals surface area contributed by atoms with Gasteiger partial charge in [-0.3, -0.25) is 0 Å². The Morgan fingerprint density at radius 1 is 1.56 bits per heavy atom. The molecule has 18 heavy (non-hydrogen) atoms. The van der Waals surface area contributed by atoms with Crippen molar-refractivity contribution in [1.29, 1.82) is 0 Å². The SMILES string of the molecule is CCOc1cccnc1NCCC1CCCNC1. The molecule has 0 saturated carbocycles. The molecule has 0 aliphatic carbocycles. The molecule has 100 valence electrons. The summed E-state index contributed by atoms with van der Waals surface area (Å²) in [5, 5.41) is 6.83.